The highest BCUT2D eigenvalue weighted by molar-refractivity contribution is 5.94. The number of nitrogens with zero attached hydrogens (tertiary/aromatic N) is 2. The third-order valence-corrected chi connectivity index (χ3v) is 4.46. The van der Waals surface area contributed by atoms with Crippen LogP contribution in [0.2, 0.25) is 0 Å². The minimum atomic E-state index is -0.644. The number of hydrogen-bond acceptors (Lipinski definition) is 3. The Kier molecular flexibility index (Phi) is 3.91. The van der Waals surface area contributed by atoms with Crippen LogP contribution in [0.25, 0.3) is 5.69 Å². The molecule has 0 radical (unpaired) electrons. The normalized spacial score (nSPS) is 16.1. The standard InChI is InChI=1S/C19H15F2N3O2/c1-26-13-5-3-12(4-6-13)24-10-22-18-15(9-17(25)23-19(18)24)14-8-11(20)2-7-16(14)21/h2-8,10,15H,9H2,1H3,(H,23,25). The van der Waals surface area contributed by atoms with Crippen LogP contribution in [0.5, 0.6) is 5.75 Å². The van der Waals surface area contributed by atoms with Crippen LogP contribution in [-0.4, -0.2) is 22.6 Å². The van der Waals surface area contributed by atoms with Gasteiger partial charge in [-0.1, -0.05) is 0 Å². The average molecular weight is 355 g/mol. The van der Waals surface area contributed by atoms with Gasteiger partial charge in [-0.15, -0.1) is 0 Å². The summed E-state index contributed by atoms with van der Waals surface area (Å²) in [6, 6.07) is 10.5. The van der Waals surface area contributed by atoms with Crippen LogP contribution >= 0.6 is 0 Å². The van der Waals surface area contributed by atoms with Gasteiger partial charge < -0.3 is 10.1 Å². The molecule has 3 aromatic rings. The van der Waals surface area contributed by atoms with Crippen molar-refractivity contribution in [3.63, 3.8) is 0 Å². The quantitative estimate of drug-likeness (QED) is 0.781. The van der Waals surface area contributed by atoms with E-state index in [1.165, 1.54) is 0 Å². The number of ether oxygens (including phenoxy) is 1. The third-order valence-electron chi connectivity index (χ3n) is 4.46. The van der Waals surface area contributed by atoms with Crippen molar-refractivity contribution in [3.8, 4) is 11.4 Å². The molecule has 1 atom stereocenters. The minimum Gasteiger partial charge on any atom is -0.497 e. The highest BCUT2D eigenvalue weighted by Crippen LogP contribution is 2.38. The Hall–Kier alpha value is -3.22. The van der Waals surface area contributed by atoms with Gasteiger partial charge in [0.25, 0.3) is 0 Å². The van der Waals surface area contributed by atoms with Crippen LogP contribution in [0.1, 0.15) is 23.6 Å². The number of rotatable bonds is 3. The molecule has 1 aliphatic heterocycles. The molecule has 7 heteroatoms. The summed E-state index contributed by atoms with van der Waals surface area (Å²) < 4.78 is 34.7. The van der Waals surface area contributed by atoms with Crippen molar-refractivity contribution < 1.29 is 18.3 Å². The third kappa shape index (κ3) is 2.71. The number of benzene rings is 2. The largest absolute Gasteiger partial charge is 0.497 e. The van der Waals surface area contributed by atoms with Crippen LogP contribution < -0.4 is 10.1 Å². The smallest absolute Gasteiger partial charge is 0.226 e. The number of anilines is 1. The zero-order chi connectivity index (χ0) is 18.3. The summed E-state index contributed by atoms with van der Waals surface area (Å²) in [5.41, 5.74) is 1.39. The van der Waals surface area contributed by atoms with E-state index >= 15 is 0 Å². The number of fused-ring (bicyclic) bond motifs is 1. The van der Waals surface area contributed by atoms with E-state index in [9.17, 15) is 13.6 Å². The fourth-order valence-corrected chi connectivity index (χ4v) is 3.18. The van der Waals surface area contributed by atoms with Gasteiger partial charge in [0.15, 0.2) is 0 Å². The fraction of sp³-hybridized carbons (Fsp3) is 0.158. The van der Waals surface area contributed by atoms with Gasteiger partial charge in [0.05, 0.1) is 12.8 Å². The summed E-state index contributed by atoms with van der Waals surface area (Å²) in [6.07, 6.45) is 1.56. The molecule has 132 valence electrons. The molecule has 2 aromatic carbocycles. The van der Waals surface area contributed by atoms with Gasteiger partial charge in [0.1, 0.15) is 29.5 Å². The maximum Gasteiger partial charge on any atom is 0.226 e. The molecular weight excluding hydrogens is 340 g/mol. The number of aromatic nitrogens is 2. The van der Waals surface area contributed by atoms with E-state index < -0.39 is 17.6 Å². The Labute approximate surface area is 148 Å². The molecule has 1 unspecified atom stereocenters. The van der Waals surface area contributed by atoms with Gasteiger partial charge in [-0.25, -0.2) is 13.8 Å². The van der Waals surface area contributed by atoms with Gasteiger partial charge in [-0.05, 0) is 42.5 Å². The number of halogens is 2. The number of carbonyl (C=O) groups excluding carboxylic acids is 1. The lowest BCUT2D eigenvalue weighted by Gasteiger charge is -2.23. The lowest BCUT2D eigenvalue weighted by Crippen LogP contribution is -2.25. The van der Waals surface area contributed by atoms with E-state index in [1.807, 2.05) is 12.1 Å². The summed E-state index contributed by atoms with van der Waals surface area (Å²) >= 11 is 0. The zero-order valence-corrected chi connectivity index (χ0v) is 13.9. The molecule has 1 aliphatic rings. The van der Waals surface area contributed by atoms with Crippen molar-refractivity contribution >= 4 is 11.7 Å². The number of hydrogen-bond donors (Lipinski definition) is 1. The van der Waals surface area contributed by atoms with Gasteiger partial charge in [-0.3, -0.25) is 9.36 Å². The van der Waals surface area contributed by atoms with Crippen LogP contribution in [0.3, 0.4) is 0 Å². The van der Waals surface area contributed by atoms with E-state index in [4.69, 9.17) is 4.74 Å². The first-order chi connectivity index (χ1) is 12.6. The Morgan fingerprint density at radius 1 is 1.19 bits per heavy atom. The van der Waals surface area contributed by atoms with Crippen molar-refractivity contribution in [3.05, 3.63) is 71.7 Å². The van der Waals surface area contributed by atoms with Crippen LogP contribution in [0, 0.1) is 11.6 Å². The molecule has 1 N–H and O–H groups in total. The molecular formula is C19H15F2N3O2. The van der Waals surface area contributed by atoms with Crippen molar-refractivity contribution in [2.45, 2.75) is 12.3 Å². The second-order valence-corrected chi connectivity index (χ2v) is 6.02. The number of carbonyl (C=O) groups is 1. The molecule has 1 aromatic heterocycles. The van der Waals surface area contributed by atoms with Crippen molar-refractivity contribution in [2.75, 3.05) is 12.4 Å². The second-order valence-electron chi connectivity index (χ2n) is 6.02. The molecule has 0 spiro atoms. The molecule has 0 bridgehead atoms. The van der Waals surface area contributed by atoms with Crippen molar-refractivity contribution in [1.82, 2.24) is 9.55 Å². The Bertz CT molecular complexity index is 983. The fourth-order valence-electron chi connectivity index (χ4n) is 3.18. The molecule has 26 heavy (non-hydrogen) atoms. The Balaban J connectivity index is 1.81. The summed E-state index contributed by atoms with van der Waals surface area (Å²) in [6.45, 7) is 0. The van der Waals surface area contributed by atoms with Crippen LogP contribution in [0.15, 0.2) is 48.8 Å². The molecule has 2 heterocycles. The first kappa shape index (κ1) is 16.3. The molecule has 0 saturated heterocycles. The summed E-state index contributed by atoms with van der Waals surface area (Å²) in [7, 11) is 1.58. The second kappa shape index (κ2) is 6.25. The number of imidazole rings is 1. The number of methoxy groups -OCH3 is 1. The molecule has 0 aliphatic carbocycles. The van der Waals surface area contributed by atoms with E-state index in [2.05, 4.69) is 10.3 Å². The highest BCUT2D eigenvalue weighted by atomic mass is 19.1. The first-order valence-electron chi connectivity index (χ1n) is 8.03. The SMILES string of the molecule is COc1ccc(-n2cnc3c2NC(=O)CC3c2cc(F)ccc2F)cc1. The van der Waals surface area contributed by atoms with E-state index in [0.717, 1.165) is 23.9 Å². The monoisotopic (exact) mass is 355 g/mol. The average Bonchev–Trinajstić information content (AvgIpc) is 3.07. The van der Waals surface area contributed by atoms with E-state index in [0.29, 0.717) is 17.3 Å². The van der Waals surface area contributed by atoms with E-state index in [-0.39, 0.29) is 17.9 Å². The van der Waals surface area contributed by atoms with E-state index in [1.54, 1.807) is 30.1 Å². The topological polar surface area (TPSA) is 56.1 Å². The maximum absolute atomic E-state index is 14.2. The molecule has 0 fully saturated rings. The Morgan fingerprint density at radius 3 is 2.69 bits per heavy atom. The Morgan fingerprint density at radius 2 is 1.96 bits per heavy atom. The molecule has 0 saturated carbocycles. The van der Waals surface area contributed by atoms with Gasteiger partial charge in [0.2, 0.25) is 5.91 Å². The predicted molar refractivity (Wildman–Crippen MR) is 91.6 cm³/mol. The summed E-state index contributed by atoms with van der Waals surface area (Å²) in [5.74, 6) is -0.874. The zero-order valence-electron chi connectivity index (χ0n) is 13.9. The molecule has 5 nitrogen and oxygen atoms in total. The number of nitrogens with one attached hydrogen (secondary N) is 1. The molecule has 1 amide bonds. The minimum absolute atomic E-state index is 0.00694. The van der Waals surface area contributed by atoms with Gasteiger partial charge in [-0.2, -0.15) is 0 Å². The van der Waals surface area contributed by atoms with Crippen LogP contribution in [0.4, 0.5) is 14.6 Å². The van der Waals surface area contributed by atoms with Crippen molar-refractivity contribution in [2.24, 2.45) is 0 Å². The number of amides is 1. The highest BCUT2D eigenvalue weighted by Gasteiger charge is 2.32. The lowest BCUT2D eigenvalue weighted by molar-refractivity contribution is -0.116. The summed E-state index contributed by atoms with van der Waals surface area (Å²) in [4.78, 5) is 16.6. The van der Waals surface area contributed by atoms with Crippen LogP contribution in [-0.2, 0) is 4.79 Å². The first-order valence-corrected chi connectivity index (χ1v) is 8.03. The predicted octanol–water partition coefficient (Wildman–Crippen LogP) is 3.63. The van der Waals surface area contributed by atoms with Gasteiger partial charge in [0, 0.05) is 23.6 Å². The van der Waals surface area contributed by atoms with Crippen molar-refractivity contribution in [1.29, 1.82) is 0 Å². The lowest BCUT2D eigenvalue weighted by atomic mass is 9.89. The molecule has 4 rings (SSSR count). The van der Waals surface area contributed by atoms with Gasteiger partial charge >= 0.3 is 0 Å². The summed E-state index contributed by atoms with van der Waals surface area (Å²) in [5, 5.41) is 2.78. The maximum atomic E-state index is 14.2.